The Morgan fingerprint density at radius 3 is 2.55 bits per heavy atom. The molecule has 0 atom stereocenters. The van der Waals surface area contributed by atoms with Crippen molar-refractivity contribution in [3.63, 3.8) is 0 Å². The summed E-state index contributed by atoms with van der Waals surface area (Å²) in [6, 6.07) is 13.9. The maximum Gasteiger partial charge on any atom is 0.344 e. The van der Waals surface area contributed by atoms with E-state index in [1.54, 1.807) is 49.4 Å². The highest BCUT2D eigenvalue weighted by molar-refractivity contribution is 9.10. The molecule has 29 heavy (non-hydrogen) atoms. The fraction of sp³-hybridized carbons (Fsp3) is 0.200. The predicted octanol–water partition coefficient (Wildman–Crippen LogP) is 2.87. The second-order valence-electron chi connectivity index (χ2n) is 5.67. The van der Waals surface area contributed by atoms with Crippen molar-refractivity contribution in [2.75, 3.05) is 18.5 Å². The number of carbonyl (C=O) groups excluding carboxylic acids is 3. The van der Waals surface area contributed by atoms with Gasteiger partial charge in [0.2, 0.25) is 11.8 Å². The predicted molar refractivity (Wildman–Crippen MR) is 112 cm³/mol. The molecule has 2 rings (SSSR count). The van der Waals surface area contributed by atoms with Crippen LogP contribution in [0, 0.1) is 0 Å². The Bertz CT molecular complexity index is 887. The minimum absolute atomic E-state index is 0.193. The normalized spacial score (nSPS) is 10.4. The van der Waals surface area contributed by atoms with Crippen molar-refractivity contribution < 1.29 is 23.9 Å². The van der Waals surface area contributed by atoms with E-state index < -0.39 is 17.8 Å². The number of hydrogen-bond donors (Lipinski definition) is 2. The summed E-state index contributed by atoms with van der Waals surface area (Å²) in [4.78, 5) is 34.9. The van der Waals surface area contributed by atoms with Crippen LogP contribution in [0.25, 0.3) is 0 Å². The molecule has 0 spiro atoms. The lowest BCUT2D eigenvalue weighted by Crippen LogP contribution is -2.24. The first kappa shape index (κ1) is 22.1. The standard InChI is InChI=1S/C20H20BrN3O5/c1-2-28-20(27)13-29-17-9-8-14(10-16(17)21)12-22-24-19(26)11-18(25)23-15-6-4-3-5-7-15/h3-10,12H,2,11,13H2,1H3,(H,23,25)(H,24,26). The lowest BCUT2D eigenvalue weighted by atomic mass is 10.2. The summed E-state index contributed by atoms with van der Waals surface area (Å²) in [6.45, 7) is 1.82. The summed E-state index contributed by atoms with van der Waals surface area (Å²) in [5.41, 5.74) is 3.59. The number of nitrogens with zero attached hydrogens (tertiary/aromatic N) is 1. The van der Waals surface area contributed by atoms with Crippen molar-refractivity contribution in [1.29, 1.82) is 0 Å². The molecule has 8 nitrogen and oxygen atoms in total. The third kappa shape index (κ3) is 8.14. The zero-order valence-corrected chi connectivity index (χ0v) is 17.3. The van der Waals surface area contributed by atoms with E-state index in [2.05, 4.69) is 31.8 Å². The number of benzene rings is 2. The van der Waals surface area contributed by atoms with Crippen LogP contribution in [-0.4, -0.2) is 37.2 Å². The molecular formula is C20H20BrN3O5. The molecule has 2 aromatic rings. The Morgan fingerprint density at radius 1 is 1.10 bits per heavy atom. The number of amides is 2. The minimum atomic E-state index is -0.539. The Balaban J connectivity index is 1.80. The molecule has 2 aromatic carbocycles. The number of para-hydroxylation sites is 1. The van der Waals surface area contributed by atoms with E-state index in [0.717, 1.165) is 0 Å². The Morgan fingerprint density at radius 2 is 1.86 bits per heavy atom. The van der Waals surface area contributed by atoms with E-state index in [0.29, 0.717) is 28.1 Å². The van der Waals surface area contributed by atoms with Crippen LogP contribution in [-0.2, 0) is 19.1 Å². The van der Waals surface area contributed by atoms with Crippen molar-refractivity contribution in [3.05, 3.63) is 58.6 Å². The van der Waals surface area contributed by atoms with Crippen LogP contribution in [0.15, 0.2) is 58.1 Å². The highest BCUT2D eigenvalue weighted by Crippen LogP contribution is 2.25. The van der Waals surface area contributed by atoms with Crippen molar-refractivity contribution in [2.24, 2.45) is 5.10 Å². The third-order valence-corrected chi connectivity index (χ3v) is 4.01. The van der Waals surface area contributed by atoms with Crippen molar-refractivity contribution >= 4 is 45.6 Å². The SMILES string of the molecule is CCOC(=O)COc1ccc(C=NNC(=O)CC(=O)Nc2ccccc2)cc1Br. The number of nitrogens with one attached hydrogen (secondary N) is 2. The van der Waals surface area contributed by atoms with Gasteiger partial charge in [-0.3, -0.25) is 9.59 Å². The molecule has 0 heterocycles. The second-order valence-corrected chi connectivity index (χ2v) is 6.52. The molecule has 0 aliphatic carbocycles. The van der Waals surface area contributed by atoms with E-state index in [9.17, 15) is 14.4 Å². The summed E-state index contributed by atoms with van der Waals surface area (Å²) in [5.74, 6) is -0.959. The van der Waals surface area contributed by atoms with E-state index >= 15 is 0 Å². The molecular weight excluding hydrogens is 442 g/mol. The number of ether oxygens (including phenoxy) is 2. The van der Waals surface area contributed by atoms with E-state index in [1.807, 2.05) is 6.07 Å². The highest BCUT2D eigenvalue weighted by Gasteiger charge is 2.09. The number of carbonyl (C=O) groups is 3. The minimum Gasteiger partial charge on any atom is -0.481 e. The summed E-state index contributed by atoms with van der Waals surface area (Å²) in [7, 11) is 0. The van der Waals surface area contributed by atoms with Gasteiger partial charge in [-0.25, -0.2) is 10.2 Å². The average molecular weight is 462 g/mol. The van der Waals surface area contributed by atoms with Crippen LogP contribution in [0.5, 0.6) is 5.75 Å². The van der Waals surface area contributed by atoms with Crippen LogP contribution in [0.4, 0.5) is 5.69 Å². The molecule has 0 aliphatic rings. The third-order valence-electron chi connectivity index (χ3n) is 3.39. The quantitative estimate of drug-likeness (QED) is 0.258. The molecule has 0 bridgehead atoms. The molecule has 2 N–H and O–H groups in total. The molecule has 0 aromatic heterocycles. The van der Waals surface area contributed by atoms with Gasteiger partial charge in [0.25, 0.3) is 0 Å². The van der Waals surface area contributed by atoms with Gasteiger partial charge in [-0.1, -0.05) is 18.2 Å². The number of rotatable bonds is 9. The number of esters is 1. The number of hydrazone groups is 1. The molecule has 9 heteroatoms. The van der Waals surface area contributed by atoms with Gasteiger partial charge in [-0.05, 0) is 58.7 Å². The lowest BCUT2D eigenvalue weighted by Gasteiger charge is -2.08. The van der Waals surface area contributed by atoms with Gasteiger partial charge in [0, 0.05) is 5.69 Å². The topological polar surface area (TPSA) is 106 Å². The van der Waals surface area contributed by atoms with Gasteiger partial charge in [0.15, 0.2) is 6.61 Å². The Hall–Kier alpha value is -3.20. The smallest absolute Gasteiger partial charge is 0.344 e. The van der Waals surface area contributed by atoms with Gasteiger partial charge >= 0.3 is 5.97 Å². The van der Waals surface area contributed by atoms with Crippen molar-refractivity contribution in [1.82, 2.24) is 5.43 Å². The lowest BCUT2D eigenvalue weighted by molar-refractivity contribution is -0.145. The fourth-order valence-electron chi connectivity index (χ4n) is 2.14. The van der Waals surface area contributed by atoms with Crippen LogP contribution < -0.4 is 15.5 Å². The molecule has 0 saturated carbocycles. The van der Waals surface area contributed by atoms with Gasteiger partial charge < -0.3 is 14.8 Å². The van der Waals surface area contributed by atoms with Crippen molar-refractivity contribution in [2.45, 2.75) is 13.3 Å². The van der Waals surface area contributed by atoms with Crippen LogP contribution in [0.2, 0.25) is 0 Å². The van der Waals surface area contributed by atoms with E-state index in [4.69, 9.17) is 9.47 Å². The van der Waals surface area contributed by atoms with Gasteiger partial charge in [0.1, 0.15) is 12.2 Å². The van der Waals surface area contributed by atoms with Crippen LogP contribution >= 0.6 is 15.9 Å². The Kier molecular flexibility index (Phi) is 8.84. The van der Waals surface area contributed by atoms with E-state index in [-0.39, 0.29) is 13.0 Å². The molecule has 2 amide bonds. The fourth-order valence-corrected chi connectivity index (χ4v) is 2.66. The van der Waals surface area contributed by atoms with Gasteiger partial charge in [-0.15, -0.1) is 0 Å². The van der Waals surface area contributed by atoms with Crippen LogP contribution in [0.3, 0.4) is 0 Å². The molecule has 0 radical (unpaired) electrons. The average Bonchev–Trinajstić information content (AvgIpc) is 2.68. The summed E-state index contributed by atoms with van der Waals surface area (Å²) in [5, 5.41) is 6.45. The summed E-state index contributed by atoms with van der Waals surface area (Å²) < 4.78 is 10.8. The molecule has 0 saturated heterocycles. The summed E-state index contributed by atoms with van der Waals surface area (Å²) >= 11 is 3.34. The zero-order valence-electron chi connectivity index (χ0n) is 15.7. The number of hydrogen-bond acceptors (Lipinski definition) is 6. The first-order valence-corrected chi connectivity index (χ1v) is 9.52. The van der Waals surface area contributed by atoms with Crippen LogP contribution in [0.1, 0.15) is 18.9 Å². The molecule has 0 aliphatic heterocycles. The molecule has 0 fully saturated rings. The van der Waals surface area contributed by atoms with Gasteiger partial charge in [-0.2, -0.15) is 5.10 Å². The molecule has 0 unspecified atom stereocenters. The van der Waals surface area contributed by atoms with E-state index in [1.165, 1.54) is 6.21 Å². The maximum absolute atomic E-state index is 11.8. The zero-order chi connectivity index (χ0) is 21.1. The second kappa shape index (κ2) is 11.6. The largest absolute Gasteiger partial charge is 0.481 e. The number of halogens is 1. The highest BCUT2D eigenvalue weighted by atomic mass is 79.9. The monoisotopic (exact) mass is 461 g/mol. The summed E-state index contributed by atoms with van der Waals surface area (Å²) in [6.07, 6.45) is 1.07. The van der Waals surface area contributed by atoms with Gasteiger partial charge in [0.05, 0.1) is 17.3 Å². The maximum atomic E-state index is 11.8. The molecule has 152 valence electrons. The Labute approximate surface area is 176 Å². The van der Waals surface area contributed by atoms with Crippen molar-refractivity contribution in [3.8, 4) is 5.75 Å². The number of anilines is 1. The first-order valence-electron chi connectivity index (χ1n) is 8.72. The first-order chi connectivity index (χ1) is 14.0.